The van der Waals surface area contributed by atoms with Crippen molar-refractivity contribution in [3.63, 3.8) is 0 Å². The number of nitrogens with one attached hydrogen (secondary N) is 1. The first-order chi connectivity index (χ1) is 11.7. The molecule has 1 fully saturated rings. The number of benzene rings is 2. The van der Waals surface area contributed by atoms with Gasteiger partial charge in [-0.05, 0) is 30.3 Å². The Balaban J connectivity index is 1.47. The number of halogens is 1. The summed E-state index contributed by atoms with van der Waals surface area (Å²) in [7, 11) is 0. The Morgan fingerprint density at radius 1 is 1.08 bits per heavy atom. The summed E-state index contributed by atoms with van der Waals surface area (Å²) in [5.41, 5.74) is 3.48. The van der Waals surface area contributed by atoms with Crippen LogP contribution in [0, 0.1) is 0 Å². The third kappa shape index (κ3) is 2.71. The van der Waals surface area contributed by atoms with E-state index in [-0.39, 0.29) is 5.91 Å². The minimum atomic E-state index is 0.0605. The van der Waals surface area contributed by atoms with E-state index in [1.54, 1.807) is 6.33 Å². The molecule has 6 heteroatoms. The molecule has 1 aliphatic rings. The largest absolute Gasteiger partial charge is 0.367 e. The molecule has 1 saturated heterocycles. The molecule has 1 N–H and O–H groups in total. The van der Waals surface area contributed by atoms with Crippen molar-refractivity contribution in [3.05, 3.63) is 59.4 Å². The SMILES string of the molecule is O=C(c1ccc2nc[nH]c2c1)N1CCN(c2ccccc2Cl)CC1. The summed E-state index contributed by atoms with van der Waals surface area (Å²) in [5.74, 6) is 0.0605. The zero-order valence-corrected chi connectivity index (χ0v) is 13.8. The van der Waals surface area contributed by atoms with Crippen LogP contribution in [0.3, 0.4) is 0 Å². The second kappa shape index (κ2) is 6.17. The highest BCUT2D eigenvalue weighted by molar-refractivity contribution is 6.33. The minimum absolute atomic E-state index is 0.0605. The smallest absolute Gasteiger partial charge is 0.254 e. The first-order valence-corrected chi connectivity index (χ1v) is 8.32. The highest BCUT2D eigenvalue weighted by Crippen LogP contribution is 2.26. The number of carbonyl (C=O) groups is 1. The number of H-pyrrole nitrogens is 1. The number of amides is 1. The molecule has 2 aromatic carbocycles. The molecule has 3 aromatic rings. The Morgan fingerprint density at radius 2 is 1.88 bits per heavy atom. The van der Waals surface area contributed by atoms with Crippen LogP contribution in [0.1, 0.15) is 10.4 Å². The summed E-state index contributed by atoms with van der Waals surface area (Å²) >= 11 is 6.27. The van der Waals surface area contributed by atoms with Gasteiger partial charge in [-0.1, -0.05) is 23.7 Å². The Bertz CT molecular complexity index is 883. The lowest BCUT2D eigenvalue weighted by Crippen LogP contribution is -2.48. The molecule has 0 spiro atoms. The van der Waals surface area contributed by atoms with E-state index in [0.29, 0.717) is 18.7 Å². The quantitative estimate of drug-likeness (QED) is 0.779. The van der Waals surface area contributed by atoms with E-state index in [1.807, 2.05) is 47.4 Å². The molecule has 0 atom stereocenters. The molecule has 0 unspecified atom stereocenters. The molecule has 0 saturated carbocycles. The van der Waals surface area contributed by atoms with Gasteiger partial charge in [0.2, 0.25) is 0 Å². The highest BCUT2D eigenvalue weighted by atomic mass is 35.5. The number of fused-ring (bicyclic) bond motifs is 1. The molecule has 0 bridgehead atoms. The van der Waals surface area contributed by atoms with Crippen LogP contribution in [0.4, 0.5) is 5.69 Å². The number of carbonyl (C=O) groups excluding carboxylic acids is 1. The van der Waals surface area contributed by atoms with E-state index in [9.17, 15) is 4.79 Å². The fourth-order valence-corrected chi connectivity index (χ4v) is 3.37. The third-order valence-electron chi connectivity index (χ3n) is 4.43. The van der Waals surface area contributed by atoms with E-state index < -0.39 is 0 Å². The number of aromatic nitrogens is 2. The Hall–Kier alpha value is -2.53. The van der Waals surface area contributed by atoms with Crippen molar-refractivity contribution in [1.82, 2.24) is 14.9 Å². The topological polar surface area (TPSA) is 52.2 Å². The predicted octanol–water partition coefficient (Wildman–Crippen LogP) is 3.18. The van der Waals surface area contributed by atoms with E-state index in [2.05, 4.69) is 14.9 Å². The lowest BCUT2D eigenvalue weighted by Gasteiger charge is -2.36. The first kappa shape index (κ1) is 15.0. The van der Waals surface area contributed by atoms with E-state index >= 15 is 0 Å². The lowest BCUT2D eigenvalue weighted by atomic mass is 10.1. The molecule has 1 aromatic heterocycles. The maximum absolute atomic E-state index is 12.7. The van der Waals surface area contributed by atoms with Crippen LogP contribution in [0.15, 0.2) is 48.8 Å². The van der Waals surface area contributed by atoms with Gasteiger partial charge in [0.05, 0.1) is 28.1 Å². The summed E-state index contributed by atoms with van der Waals surface area (Å²) in [6.45, 7) is 2.93. The van der Waals surface area contributed by atoms with E-state index in [4.69, 9.17) is 11.6 Å². The normalized spacial score (nSPS) is 15.0. The molecule has 1 amide bonds. The van der Waals surface area contributed by atoms with Crippen LogP contribution >= 0.6 is 11.6 Å². The van der Waals surface area contributed by atoms with Crippen molar-refractivity contribution in [2.75, 3.05) is 31.1 Å². The van der Waals surface area contributed by atoms with Gasteiger partial charge in [-0.3, -0.25) is 4.79 Å². The lowest BCUT2D eigenvalue weighted by molar-refractivity contribution is 0.0747. The van der Waals surface area contributed by atoms with Gasteiger partial charge in [-0.25, -0.2) is 4.98 Å². The summed E-state index contributed by atoms with van der Waals surface area (Å²) in [6, 6.07) is 13.4. The fourth-order valence-electron chi connectivity index (χ4n) is 3.11. The van der Waals surface area contributed by atoms with Gasteiger partial charge in [-0.15, -0.1) is 0 Å². The van der Waals surface area contributed by atoms with E-state index in [1.165, 1.54) is 0 Å². The zero-order chi connectivity index (χ0) is 16.5. The second-order valence-corrected chi connectivity index (χ2v) is 6.27. The molecule has 0 radical (unpaired) electrons. The number of imidazole rings is 1. The number of rotatable bonds is 2. The molecule has 122 valence electrons. The van der Waals surface area contributed by atoms with Crippen LogP contribution < -0.4 is 4.90 Å². The Kier molecular flexibility index (Phi) is 3.86. The minimum Gasteiger partial charge on any atom is -0.367 e. The number of anilines is 1. The van der Waals surface area contributed by atoms with E-state index in [0.717, 1.165) is 34.8 Å². The summed E-state index contributed by atoms with van der Waals surface area (Å²) in [5, 5.41) is 0.752. The number of para-hydroxylation sites is 1. The summed E-state index contributed by atoms with van der Waals surface area (Å²) in [4.78, 5) is 24.1. The molecule has 0 aliphatic carbocycles. The van der Waals surface area contributed by atoms with Crippen LogP contribution in [0.2, 0.25) is 5.02 Å². The summed E-state index contributed by atoms with van der Waals surface area (Å²) < 4.78 is 0. The molecule has 5 nitrogen and oxygen atoms in total. The van der Waals surface area contributed by atoms with Crippen molar-refractivity contribution < 1.29 is 4.79 Å². The van der Waals surface area contributed by atoms with Crippen molar-refractivity contribution in [2.24, 2.45) is 0 Å². The highest BCUT2D eigenvalue weighted by Gasteiger charge is 2.23. The predicted molar refractivity (Wildman–Crippen MR) is 95.7 cm³/mol. The summed E-state index contributed by atoms with van der Waals surface area (Å²) in [6.07, 6.45) is 1.64. The molecule has 24 heavy (non-hydrogen) atoms. The van der Waals surface area contributed by atoms with Gasteiger partial charge in [0.1, 0.15) is 0 Å². The van der Waals surface area contributed by atoms with Gasteiger partial charge in [0.25, 0.3) is 5.91 Å². The Morgan fingerprint density at radius 3 is 2.67 bits per heavy atom. The zero-order valence-electron chi connectivity index (χ0n) is 13.1. The standard InChI is InChI=1S/C18H17ClN4O/c19-14-3-1-2-4-17(14)22-7-9-23(10-8-22)18(24)13-5-6-15-16(11-13)21-12-20-15/h1-6,11-12H,7-10H2,(H,20,21). The number of hydrogen-bond donors (Lipinski definition) is 1. The van der Waals surface area contributed by atoms with Crippen molar-refractivity contribution >= 4 is 34.2 Å². The van der Waals surface area contributed by atoms with Crippen LogP contribution in [0.5, 0.6) is 0 Å². The molecule has 1 aliphatic heterocycles. The number of hydrogen-bond acceptors (Lipinski definition) is 3. The van der Waals surface area contributed by atoms with Gasteiger partial charge in [0, 0.05) is 31.7 Å². The Labute approximate surface area is 144 Å². The van der Waals surface area contributed by atoms with Gasteiger partial charge < -0.3 is 14.8 Å². The molecule has 4 rings (SSSR count). The van der Waals surface area contributed by atoms with Crippen LogP contribution in [-0.4, -0.2) is 47.0 Å². The molecule has 2 heterocycles. The maximum Gasteiger partial charge on any atom is 0.254 e. The third-order valence-corrected chi connectivity index (χ3v) is 4.75. The first-order valence-electron chi connectivity index (χ1n) is 7.94. The molecular weight excluding hydrogens is 324 g/mol. The van der Waals surface area contributed by atoms with Crippen molar-refractivity contribution in [3.8, 4) is 0 Å². The average Bonchev–Trinajstić information content (AvgIpc) is 3.09. The maximum atomic E-state index is 12.7. The second-order valence-electron chi connectivity index (χ2n) is 5.87. The van der Waals surface area contributed by atoms with Gasteiger partial charge in [-0.2, -0.15) is 0 Å². The van der Waals surface area contributed by atoms with Crippen LogP contribution in [-0.2, 0) is 0 Å². The van der Waals surface area contributed by atoms with Gasteiger partial charge >= 0.3 is 0 Å². The molecular formula is C18H17ClN4O. The van der Waals surface area contributed by atoms with Crippen molar-refractivity contribution in [1.29, 1.82) is 0 Å². The number of aromatic amines is 1. The fraction of sp³-hybridized carbons (Fsp3) is 0.222. The van der Waals surface area contributed by atoms with Gasteiger partial charge in [0.15, 0.2) is 0 Å². The monoisotopic (exact) mass is 340 g/mol. The number of piperazine rings is 1. The number of nitrogens with zero attached hydrogens (tertiary/aromatic N) is 3. The average molecular weight is 341 g/mol. The van der Waals surface area contributed by atoms with Crippen LogP contribution in [0.25, 0.3) is 11.0 Å². The van der Waals surface area contributed by atoms with Crippen molar-refractivity contribution in [2.45, 2.75) is 0 Å².